The number of anilines is 1. The molecule has 7 nitrogen and oxygen atoms in total. The van der Waals surface area contributed by atoms with E-state index in [0.717, 1.165) is 32.6 Å². The van der Waals surface area contributed by atoms with Gasteiger partial charge in [0.1, 0.15) is 5.69 Å². The first-order chi connectivity index (χ1) is 12.5. The van der Waals surface area contributed by atoms with Crippen LogP contribution in [0, 0.1) is 0 Å². The fourth-order valence-electron chi connectivity index (χ4n) is 2.52. The van der Waals surface area contributed by atoms with E-state index in [1.165, 1.54) is 23.5 Å². The van der Waals surface area contributed by atoms with Crippen LogP contribution < -0.4 is 10.5 Å². The van der Waals surface area contributed by atoms with Gasteiger partial charge in [-0.1, -0.05) is 29.5 Å². The van der Waals surface area contributed by atoms with Crippen LogP contribution >= 0.6 is 22.7 Å². The van der Waals surface area contributed by atoms with Crippen molar-refractivity contribution < 1.29 is 8.42 Å². The maximum Gasteiger partial charge on any atom is 0.238 e. The summed E-state index contributed by atoms with van der Waals surface area (Å²) in [6.07, 6.45) is 2.58. The zero-order valence-corrected chi connectivity index (χ0v) is 15.9. The Balaban J connectivity index is 1.42. The Hall–Kier alpha value is -2.27. The molecular weight excluding hydrogens is 390 g/mol. The summed E-state index contributed by atoms with van der Waals surface area (Å²) in [7, 11) is -3.65. The summed E-state index contributed by atoms with van der Waals surface area (Å²) in [6, 6.07) is 10.6. The molecule has 10 heteroatoms. The Bertz CT molecular complexity index is 1130. The van der Waals surface area contributed by atoms with E-state index >= 15 is 0 Å². The van der Waals surface area contributed by atoms with E-state index in [4.69, 9.17) is 5.14 Å². The van der Waals surface area contributed by atoms with Crippen LogP contribution in [0.4, 0.5) is 5.13 Å². The SMILES string of the molecule is NS(=O)(=O)c1ccc(CCNc2nn3c(-c4cccs4)cnc3s2)cc1. The number of nitrogens with one attached hydrogen (secondary N) is 1. The minimum absolute atomic E-state index is 0.122. The van der Waals surface area contributed by atoms with Gasteiger partial charge in [-0.15, -0.1) is 16.4 Å². The van der Waals surface area contributed by atoms with E-state index in [2.05, 4.69) is 15.4 Å². The number of fused-ring (bicyclic) bond motifs is 1. The Morgan fingerprint density at radius 1 is 1.19 bits per heavy atom. The highest BCUT2D eigenvalue weighted by molar-refractivity contribution is 7.89. The van der Waals surface area contributed by atoms with Gasteiger partial charge >= 0.3 is 0 Å². The molecule has 3 N–H and O–H groups in total. The smallest absolute Gasteiger partial charge is 0.238 e. The lowest BCUT2D eigenvalue weighted by molar-refractivity contribution is 0.598. The zero-order chi connectivity index (χ0) is 18.1. The van der Waals surface area contributed by atoms with Crippen molar-refractivity contribution in [1.82, 2.24) is 14.6 Å². The van der Waals surface area contributed by atoms with E-state index in [1.807, 2.05) is 28.2 Å². The molecule has 0 bridgehead atoms. The summed E-state index contributed by atoms with van der Waals surface area (Å²) in [6.45, 7) is 0.680. The standard InChI is InChI=1S/C16H15N5O2S3/c17-26(22,23)12-5-3-11(4-6-12)7-8-18-15-20-21-13(10-19-16(21)25-15)14-2-1-9-24-14/h1-6,9-10H,7-8H2,(H,18,20)(H2,17,22,23). The van der Waals surface area contributed by atoms with Crippen LogP contribution in [-0.4, -0.2) is 29.6 Å². The van der Waals surface area contributed by atoms with Gasteiger partial charge in [-0.25, -0.2) is 23.1 Å². The molecule has 26 heavy (non-hydrogen) atoms. The molecule has 0 saturated carbocycles. The Labute approximate surface area is 158 Å². The molecule has 0 aliphatic rings. The molecule has 4 rings (SSSR count). The number of hydrogen-bond acceptors (Lipinski definition) is 7. The Kier molecular flexibility index (Phi) is 4.49. The third-order valence-electron chi connectivity index (χ3n) is 3.80. The summed E-state index contributed by atoms with van der Waals surface area (Å²) < 4.78 is 24.4. The second-order valence-corrected chi connectivity index (χ2v) is 9.05. The Morgan fingerprint density at radius 3 is 2.69 bits per heavy atom. The predicted molar refractivity (Wildman–Crippen MR) is 104 cm³/mol. The van der Waals surface area contributed by atoms with Crippen LogP contribution in [0.25, 0.3) is 15.5 Å². The van der Waals surface area contributed by atoms with Gasteiger partial charge < -0.3 is 5.32 Å². The maximum atomic E-state index is 11.3. The lowest BCUT2D eigenvalue weighted by Gasteiger charge is -2.04. The number of aromatic nitrogens is 3. The van der Waals surface area contributed by atoms with Crippen LogP contribution in [0.1, 0.15) is 5.56 Å². The van der Waals surface area contributed by atoms with E-state index < -0.39 is 10.0 Å². The fourth-order valence-corrected chi connectivity index (χ4v) is 4.55. The highest BCUT2D eigenvalue weighted by Gasteiger charge is 2.12. The molecule has 134 valence electrons. The second-order valence-electron chi connectivity index (χ2n) is 5.59. The molecule has 1 aromatic carbocycles. The van der Waals surface area contributed by atoms with E-state index in [1.54, 1.807) is 23.5 Å². The monoisotopic (exact) mass is 405 g/mol. The van der Waals surface area contributed by atoms with Gasteiger partial charge in [0.05, 0.1) is 16.0 Å². The maximum absolute atomic E-state index is 11.3. The lowest BCUT2D eigenvalue weighted by atomic mass is 10.1. The number of imidazole rings is 1. The molecule has 0 aliphatic heterocycles. The van der Waals surface area contributed by atoms with Gasteiger partial charge in [-0.05, 0) is 35.6 Å². The first kappa shape index (κ1) is 17.2. The summed E-state index contributed by atoms with van der Waals surface area (Å²) in [5.74, 6) is 0. The molecule has 0 fully saturated rings. The van der Waals surface area contributed by atoms with Gasteiger partial charge in [-0.2, -0.15) is 0 Å². The van der Waals surface area contributed by atoms with Crippen molar-refractivity contribution >= 4 is 42.8 Å². The van der Waals surface area contributed by atoms with E-state index in [-0.39, 0.29) is 4.90 Å². The number of nitrogens with two attached hydrogens (primary N) is 1. The highest BCUT2D eigenvalue weighted by atomic mass is 32.2. The topological polar surface area (TPSA) is 102 Å². The molecule has 0 spiro atoms. The number of hydrogen-bond donors (Lipinski definition) is 2. The van der Waals surface area contributed by atoms with Crippen molar-refractivity contribution in [3.63, 3.8) is 0 Å². The van der Waals surface area contributed by atoms with Gasteiger partial charge in [0.25, 0.3) is 0 Å². The number of thiophene rings is 1. The normalized spacial score (nSPS) is 11.9. The molecule has 0 unspecified atom stereocenters. The molecule has 4 aromatic rings. The Morgan fingerprint density at radius 2 is 2.00 bits per heavy atom. The summed E-state index contributed by atoms with van der Waals surface area (Å²) in [5.41, 5.74) is 2.00. The second kappa shape index (κ2) is 6.80. The van der Waals surface area contributed by atoms with Crippen molar-refractivity contribution in [3.05, 3.63) is 53.5 Å². The van der Waals surface area contributed by atoms with Crippen molar-refractivity contribution in [1.29, 1.82) is 0 Å². The largest absolute Gasteiger partial charge is 0.360 e. The fraction of sp³-hybridized carbons (Fsp3) is 0.125. The van der Waals surface area contributed by atoms with Crippen LogP contribution in [0.5, 0.6) is 0 Å². The van der Waals surface area contributed by atoms with E-state index in [9.17, 15) is 8.42 Å². The van der Waals surface area contributed by atoms with E-state index in [0.29, 0.717) is 6.54 Å². The third kappa shape index (κ3) is 3.49. The first-order valence-electron chi connectivity index (χ1n) is 7.75. The molecule has 3 heterocycles. The van der Waals surface area contributed by atoms with Gasteiger partial charge in [-0.3, -0.25) is 0 Å². The molecule has 0 aliphatic carbocycles. The van der Waals surface area contributed by atoms with Crippen LogP contribution in [0.3, 0.4) is 0 Å². The lowest BCUT2D eigenvalue weighted by Crippen LogP contribution is -2.12. The van der Waals surface area contributed by atoms with Crippen molar-refractivity contribution in [2.75, 3.05) is 11.9 Å². The molecule has 3 aromatic heterocycles. The average Bonchev–Trinajstić information content (AvgIpc) is 3.30. The van der Waals surface area contributed by atoms with Gasteiger partial charge in [0.15, 0.2) is 0 Å². The number of rotatable bonds is 6. The van der Waals surface area contributed by atoms with Gasteiger partial charge in [0, 0.05) is 6.54 Å². The summed E-state index contributed by atoms with van der Waals surface area (Å²) in [4.78, 5) is 6.50. The molecule has 0 radical (unpaired) electrons. The predicted octanol–water partition coefficient (Wildman–Crippen LogP) is 2.82. The van der Waals surface area contributed by atoms with Crippen molar-refractivity contribution in [2.45, 2.75) is 11.3 Å². The third-order valence-corrected chi connectivity index (χ3v) is 6.50. The number of nitrogens with zero attached hydrogens (tertiary/aromatic N) is 3. The number of primary sulfonamides is 1. The minimum atomic E-state index is -3.65. The van der Waals surface area contributed by atoms with Crippen LogP contribution in [-0.2, 0) is 16.4 Å². The van der Waals surface area contributed by atoms with Crippen LogP contribution in [0.2, 0.25) is 0 Å². The molecule has 0 saturated heterocycles. The minimum Gasteiger partial charge on any atom is -0.360 e. The molecular formula is C16H15N5O2S3. The molecule has 0 amide bonds. The zero-order valence-electron chi connectivity index (χ0n) is 13.5. The van der Waals surface area contributed by atoms with Crippen LogP contribution in [0.15, 0.2) is 52.9 Å². The average molecular weight is 406 g/mol. The number of sulfonamides is 1. The number of benzene rings is 1. The first-order valence-corrected chi connectivity index (χ1v) is 11.0. The van der Waals surface area contributed by atoms with Gasteiger partial charge in [0.2, 0.25) is 20.1 Å². The van der Waals surface area contributed by atoms with Crippen molar-refractivity contribution in [3.8, 4) is 10.6 Å². The summed E-state index contributed by atoms with van der Waals surface area (Å²) in [5, 5.41) is 15.8. The summed E-state index contributed by atoms with van der Waals surface area (Å²) >= 11 is 3.15. The quantitative estimate of drug-likeness (QED) is 0.513. The highest BCUT2D eigenvalue weighted by Crippen LogP contribution is 2.28. The molecule has 0 atom stereocenters. The van der Waals surface area contributed by atoms with Crippen molar-refractivity contribution in [2.24, 2.45) is 5.14 Å².